The average Bonchev–Trinajstić information content (AvgIpc) is 3.28. The lowest BCUT2D eigenvalue weighted by Crippen LogP contribution is -2.49. The minimum atomic E-state index is 0.00902. The first-order valence-corrected chi connectivity index (χ1v) is 14.6. The van der Waals surface area contributed by atoms with Gasteiger partial charge in [0.15, 0.2) is 0 Å². The van der Waals surface area contributed by atoms with Gasteiger partial charge >= 0.3 is 0 Å². The molecule has 0 unspecified atom stereocenters. The number of hydrogen-bond acceptors (Lipinski definition) is 5. The summed E-state index contributed by atoms with van der Waals surface area (Å²) in [6.45, 7) is 5.75. The van der Waals surface area contributed by atoms with E-state index in [1.807, 2.05) is 58.3 Å². The molecule has 0 aromatic heterocycles. The van der Waals surface area contributed by atoms with Crippen LogP contribution in [0.4, 0.5) is 11.4 Å². The van der Waals surface area contributed by atoms with Gasteiger partial charge in [-0.25, -0.2) is 0 Å². The first-order chi connectivity index (χ1) is 19.1. The molecule has 39 heavy (non-hydrogen) atoms. The fourth-order valence-corrected chi connectivity index (χ4v) is 5.95. The van der Waals surface area contributed by atoms with Crippen LogP contribution >= 0.6 is 0 Å². The molecule has 0 bridgehead atoms. The van der Waals surface area contributed by atoms with Gasteiger partial charge in [0.1, 0.15) is 0 Å². The number of anilines is 2. The second kappa shape index (κ2) is 13.1. The van der Waals surface area contributed by atoms with Gasteiger partial charge in [-0.05, 0) is 49.6 Å². The summed E-state index contributed by atoms with van der Waals surface area (Å²) in [6.07, 6.45) is 6.55. The van der Waals surface area contributed by atoms with Gasteiger partial charge in [-0.2, -0.15) is 0 Å². The molecular weight excluding hydrogens is 490 g/mol. The molecule has 2 heterocycles. The van der Waals surface area contributed by atoms with Gasteiger partial charge in [-0.1, -0.05) is 49.6 Å². The Kier molecular flexibility index (Phi) is 9.14. The topological polar surface area (TPSA) is 85.0 Å². The second-order valence-electron chi connectivity index (χ2n) is 11.0. The maximum absolute atomic E-state index is 13.4. The Morgan fingerprint density at radius 1 is 0.795 bits per heavy atom. The van der Waals surface area contributed by atoms with E-state index in [4.69, 9.17) is 0 Å². The number of carbonyl (C=O) groups is 3. The monoisotopic (exact) mass is 531 g/mol. The van der Waals surface area contributed by atoms with Gasteiger partial charge < -0.3 is 25.3 Å². The molecule has 2 aromatic rings. The third-order valence-corrected chi connectivity index (χ3v) is 8.28. The van der Waals surface area contributed by atoms with E-state index in [-0.39, 0.29) is 23.6 Å². The second-order valence-corrected chi connectivity index (χ2v) is 11.0. The fraction of sp³-hybridized carbons (Fsp3) is 0.516. The number of hydrogen-bond donors (Lipinski definition) is 2. The molecule has 0 spiro atoms. The number of carbonyl (C=O) groups excluding carboxylic acids is 3. The first-order valence-electron chi connectivity index (χ1n) is 14.6. The number of nitrogens with one attached hydrogen (secondary N) is 2. The molecule has 2 N–H and O–H groups in total. The van der Waals surface area contributed by atoms with E-state index < -0.39 is 0 Å². The number of piperazine rings is 1. The standard InChI is InChI=1S/C31H41N5O3/c37-29(22-24-8-3-1-4-9-24)35-20-18-34(19-21-35)28-13-12-26(31(39)36-16-7-14-32-15-17-36)23-27(28)33-30(38)25-10-5-2-6-11-25/h1,3-4,8-9,12-13,23,25,32H,2,5-7,10-11,14-22H2,(H,33,38). The number of rotatable bonds is 6. The van der Waals surface area contributed by atoms with Crippen LogP contribution in [0.15, 0.2) is 48.5 Å². The zero-order valence-electron chi connectivity index (χ0n) is 22.9. The normalized spacial score (nSPS) is 18.9. The summed E-state index contributed by atoms with van der Waals surface area (Å²) in [7, 11) is 0. The van der Waals surface area contributed by atoms with Crippen LogP contribution in [0.2, 0.25) is 0 Å². The molecule has 208 valence electrons. The van der Waals surface area contributed by atoms with Crippen LogP contribution in [0.1, 0.15) is 54.4 Å². The Hall–Kier alpha value is -3.39. The zero-order chi connectivity index (χ0) is 27.0. The predicted octanol–water partition coefficient (Wildman–Crippen LogP) is 3.53. The molecule has 2 saturated heterocycles. The van der Waals surface area contributed by atoms with Crippen molar-refractivity contribution in [1.82, 2.24) is 15.1 Å². The maximum Gasteiger partial charge on any atom is 0.253 e. The van der Waals surface area contributed by atoms with E-state index in [0.29, 0.717) is 50.4 Å². The van der Waals surface area contributed by atoms with Crippen molar-refractivity contribution in [2.75, 3.05) is 62.6 Å². The quantitative estimate of drug-likeness (QED) is 0.596. The lowest BCUT2D eigenvalue weighted by Gasteiger charge is -2.37. The van der Waals surface area contributed by atoms with Crippen molar-refractivity contribution in [3.05, 3.63) is 59.7 Å². The summed E-state index contributed by atoms with van der Waals surface area (Å²) >= 11 is 0. The van der Waals surface area contributed by atoms with Gasteiger partial charge in [0.05, 0.1) is 17.8 Å². The molecule has 3 aliphatic rings. The summed E-state index contributed by atoms with van der Waals surface area (Å²) in [5, 5.41) is 6.56. The molecule has 5 rings (SSSR count). The van der Waals surface area contributed by atoms with Crippen LogP contribution in [-0.4, -0.2) is 79.9 Å². The van der Waals surface area contributed by atoms with E-state index in [0.717, 1.165) is 63.0 Å². The highest BCUT2D eigenvalue weighted by Crippen LogP contribution is 2.31. The van der Waals surface area contributed by atoms with Crippen molar-refractivity contribution < 1.29 is 14.4 Å². The Labute approximate surface area is 231 Å². The van der Waals surface area contributed by atoms with Crippen LogP contribution in [0, 0.1) is 5.92 Å². The van der Waals surface area contributed by atoms with Gasteiger partial charge in [0, 0.05) is 57.3 Å². The molecule has 1 saturated carbocycles. The molecule has 1 aliphatic carbocycles. The minimum absolute atomic E-state index is 0.00902. The predicted molar refractivity (Wildman–Crippen MR) is 154 cm³/mol. The van der Waals surface area contributed by atoms with Crippen LogP contribution in [0.3, 0.4) is 0 Å². The number of amides is 3. The zero-order valence-corrected chi connectivity index (χ0v) is 22.9. The number of benzene rings is 2. The number of nitrogens with zero attached hydrogens (tertiary/aromatic N) is 3. The van der Waals surface area contributed by atoms with E-state index >= 15 is 0 Å². The molecule has 2 aliphatic heterocycles. The van der Waals surface area contributed by atoms with Crippen molar-refractivity contribution in [1.29, 1.82) is 0 Å². The van der Waals surface area contributed by atoms with E-state index in [1.54, 1.807) is 0 Å². The smallest absolute Gasteiger partial charge is 0.253 e. The molecule has 8 heteroatoms. The van der Waals surface area contributed by atoms with E-state index in [2.05, 4.69) is 15.5 Å². The molecule has 0 atom stereocenters. The highest BCUT2D eigenvalue weighted by molar-refractivity contribution is 6.00. The summed E-state index contributed by atoms with van der Waals surface area (Å²) in [6, 6.07) is 15.6. The summed E-state index contributed by atoms with van der Waals surface area (Å²) in [5.74, 6) is 0.223. The minimum Gasteiger partial charge on any atom is -0.366 e. The first kappa shape index (κ1) is 27.2. The highest BCUT2D eigenvalue weighted by Gasteiger charge is 2.27. The molecule has 3 amide bonds. The molecule has 8 nitrogen and oxygen atoms in total. The van der Waals surface area contributed by atoms with Crippen molar-refractivity contribution in [3.8, 4) is 0 Å². The Morgan fingerprint density at radius 2 is 1.56 bits per heavy atom. The highest BCUT2D eigenvalue weighted by atomic mass is 16.2. The van der Waals surface area contributed by atoms with Crippen molar-refractivity contribution >= 4 is 29.1 Å². The summed E-state index contributed by atoms with van der Waals surface area (Å²) in [4.78, 5) is 45.6. The largest absolute Gasteiger partial charge is 0.366 e. The Bertz CT molecular complexity index is 1130. The molecule has 3 fully saturated rings. The average molecular weight is 532 g/mol. The van der Waals surface area contributed by atoms with Crippen molar-refractivity contribution in [2.45, 2.75) is 44.9 Å². The summed E-state index contributed by atoms with van der Waals surface area (Å²) in [5.41, 5.74) is 3.26. The third kappa shape index (κ3) is 6.98. The van der Waals surface area contributed by atoms with Crippen LogP contribution < -0.4 is 15.5 Å². The summed E-state index contributed by atoms with van der Waals surface area (Å²) < 4.78 is 0. The lowest BCUT2D eigenvalue weighted by molar-refractivity contribution is -0.130. The fourth-order valence-electron chi connectivity index (χ4n) is 5.95. The molecule has 2 aromatic carbocycles. The van der Waals surface area contributed by atoms with E-state index in [1.165, 1.54) is 6.42 Å². The lowest BCUT2D eigenvalue weighted by atomic mass is 9.88. The molecule has 0 radical (unpaired) electrons. The Balaban J connectivity index is 1.30. The Morgan fingerprint density at radius 3 is 2.33 bits per heavy atom. The van der Waals surface area contributed by atoms with Crippen LogP contribution in [0.25, 0.3) is 0 Å². The van der Waals surface area contributed by atoms with Crippen molar-refractivity contribution in [3.63, 3.8) is 0 Å². The van der Waals surface area contributed by atoms with Crippen LogP contribution in [0.5, 0.6) is 0 Å². The van der Waals surface area contributed by atoms with E-state index in [9.17, 15) is 14.4 Å². The maximum atomic E-state index is 13.4. The van der Waals surface area contributed by atoms with Gasteiger partial charge in [-0.15, -0.1) is 0 Å². The van der Waals surface area contributed by atoms with Crippen LogP contribution in [-0.2, 0) is 16.0 Å². The molecular formula is C31H41N5O3. The van der Waals surface area contributed by atoms with Gasteiger partial charge in [-0.3, -0.25) is 14.4 Å². The SMILES string of the molecule is O=C(Nc1cc(C(=O)N2CCCNCC2)ccc1N1CCN(C(=O)Cc2ccccc2)CC1)C1CCCCC1. The van der Waals surface area contributed by atoms with Gasteiger partial charge in [0.25, 0.3) is 5.91 Å². The third-order valence-electron chi connectivity index (χ3n) is 8.28. The van der Waals surface area contributed by atoms with Gasteiger partial charge in [0.2, 0.25) is 11.8 Å². The van der Waals surface area contributed by atoms with Crippen molar-refractivity contribution in [2.24, 2.45) is 5.92 Å².